The summed E-state index contributed by atoms with van der Waals surface area (Å²) in [5.74, 6) is 0.168. The maximum absolute atomic E-state index is 13.5. The number of hydrogen-bond acceptors (Lipinski definition) is 8. The number of aliphatic hydroxyl groups is 1. The lowest BCUT2D eigenvalue weighted by Crippen LogP contribution is -2.39. The standard InChI is InChI=1S/C38H41NO8/c1-4-44-37(42)36-27(20-40)33(23-11-13-29(41)25(17-23)21-10-12-28-22(16-21)14-15-39-28)34-31(47-36)19-30-26(18-32(46-30)38(2,3)43)35(34)45-24-8-6-5-7-9-24/h10,12,14-16,19-20,24-25,32,39,43H,4-9,11,13,17-18H2,1-3H3/b33-23-/t25-,32-/m0/s1. The first-order valence-electron chi connectivity index (χ1n) is 16.8. The highest BCUT2D eigenvalue weighted by Gasteiger charge is 2.43. The lowest BCUT2D eigenvalue weighted by molar-refractivity contribution is -0.141. The smallest absolute Gasteiger partial charge is 0.375 e. The van der Waals surface area contributed by atoms with Gasteiger partial charge in [0.15, 0.2) is 6.29 Å². The molecule has 2 aliphatic carbocycles. The first-order valence-corrected chi connectivity index (χ1v) is 16.8. The van der Waals surface area contributed by atoms with Crippen LogP contribution in [0.2, 0.25) is 0 Å². The minimum absolute atomic E-state index is 0.0457. The van der Waals surface area contributed by atoms with Crippen molar-refractivity contribution < 1.29 is 38.4 Å². The number of nitrogens with one attached hydrogen (secondary N) is 1. The van der Waals surface area contributed by atoms with E-state index in [-0.39, 0.29) is 29.8 Å². The molecule has 9 nitrogen and oxygen atoms in total. The third-order valence-electron chi connectivity index (χ3n) is 9.99. The van der Waals surface area contributed by atoms with E-state index in [4.69, 9.17) is 18.9 Å². The second-order valence-electron chi connectivity index (χ2n) is 13.6. The summed E-state index contributed by atoms with van der Waals surface area (Å²) in [6.45, 7) is 5.22. The molecule has 7 rings (SSSR count). The van der Waals surface area contributed by atoms with Gasteiger partial charge in [-0.05, 0) is 88.4 Å². The van der Waals surface area contributed by atoms with Crippen molar-refractivity contribution in [2.45, 2.75) is 102 Å². The molecule has 2 N–H and O–H groups in total. The normalized spacial score (nSPS) is 23.2. The lowest BCUT2D eigenvalue weighted by Gasteiger charge is -2.32. The molecule has 3 heterocycles. The molecule has 1 aromatic heterocycles. The number of rotatable bonds is 7. The van der Waals surface area contributed by atoms with Gasteiger partial charge in [0, 0.05) is 47.7 Å². The summed E-state index contributed by atoms with van der Waals surface area (Å²) in [4.78, 5) is 43.1. The molecule has 4 aliphatic rings. The van der Waals surface area contributed by atoms with Gasteiger partial charge >= 0.3 is 5.97 Å². The number of aromatic amines is 1. The molecule has 0 unspecified atom stereocenters. The van der Waals surface area contributed by atoms with Crippen LogP contribution in [0.25, 0.3) is 16.5 Å². The van der Waals surface area contributed by atoms with Gasteiger partial charge in [-0.1, -0.05) is 18.1 Å². The van der Waals surface area contributed by atoms with Crippen molar-refractivity contribution in [3.8, 4) is 17.2 Å². The van der Waals surface area contributed by atoms with Gasteiger partial charge in [-0.3, -0.25) is 9.59 Å². The van der Waals surface area contributed by atoms with Crippen LogP contribution in [0.5, 0.6) is 17.2 Å². The minimum atomic E-state index is -1.14. The molecule has 3 aromatic rings. The Balaban J connectivity index is 1.43. The third-order valence-corrected chi connectivity index (χ3v) is 9.99. The van der Waals surface area contributed by atoms with E-state index in [2.05, 4.69) is 4.98 Å². The number of allylic oxidation sites excluding steroid dienone is 3. The van der Waals surface area contributed by atoms with Gasteiger partial charge in [0.1, 0.15) is 29.1 Å². The van der Waals surface area contributed by atoms with E-state index in [9.17, 15) is 19.5 Å². The highest BCUT2D eigenvalue weighted by Crippen LogP contribution is 2.54. The van der Waals surface area contributed by atoms with E-state index in [1.54, 1.807) is 26.8 Å². The van der Waals surface area contributed by atoms with E-state index < -0.39 is 23.6 Å². The zero-order valence-electron chi connectivity index (χ0n) is 27.1. The van der Waals surface area contributed by atoms with Gasteiger partial charge < -0.3 is 29.0 Å². The molecule has 2 aliphatic heterocycles. The molecule has 2 fully saturated rings. The fourth-order valence-corrected chi connectivity index (χ4v) is 7.49. The number of fused-ring (bicyclic) bond motifs is 3. The Bertz CT molecular complexity index is 1820. The molecule has 2 atom stereocenters. The highest BCUT2D eigenvalue weighted by atomic mass is 16.6. The minimum Gasteiger partial charge on any atom is -0.489 e. The van der Waals surface area contributed by atoms with Crippen LogP contribution in [-0.4, -0.2) is 52.5 Å². The fourth-order valence-electron chi connectivity index (χ4n) is 7.49. The summed E-state index contributed by atoms with van der Waals surface area (Å²) < 4.78 is 24.8. The summed E-state index contributed by atoms with van der Waals surface area (Å²) in [6, 6.07) is 9.72. The molecular formula is C38H41NO8. The highest BCUT2D eigenvalue weighted by molar-refractivity contribution is 6.10. The van der Waals surface area contributed by atoms with Crippen molar-refractivity contribution in [2.75, 3.05) is 6.61 Å². The number of hydrogen-bond donors (Lipinski definition) is 2. The van der Waals surface area contributed by atoms with Crippen molar-refractivity contribution in [3.63, 3.8) is 0 Å². The number of H-pyrrole nitrogens is 1. The van der Waals surface area contributed by atoms with Crippen molar-refractivity contribution >= 4 is 34.5 Å². The average molecular weight is 640 g/mol. The Morgan fingerprint density at radius 3 is 2.64 bits per heavy atom. The molecule has 0 bridgehead atoms. The number of aldehydes is 1. The Hall–Kier alpha value is -4.37. The number of carbonyl (C=O) groups is 3. The Morgan fingerprint density at radius 1 is 1.09 bits per heavy atom. The Kier molecular flexibility index (Phi) is 8.20. The first-order chi connectivity index (χ1) is 22.7. The number of aromatic nitrogens is 1. The van der Waals surface area contributed by atoms with Gasteiger partial charge in [-0.25, -0.2) is 4.79 Å². The molecule has 246 valence electrons. The summed E-state index contributed by atoms with van der Waals surface area (Å²) in [5, 5.41) is 12.0. The number of benzene rings is 2. The second kappa shape index (κ2) is 12.3. The van der Waals surface area contributed by atoms with Gasteiger partial charge in [-0.2, -0.15) is 0 Å². The van der Waals surface area contributed by atoms with Crippen LogP contribution in [0.4, 0.5) is 0 Å². The number of ketones is 1. The largest absolute Gasteiger partial charge is 0.489 e. The summed E-state index contributed by atoms with van der Waals surface area (Å²) in [5.41, 5.74) is 3.68. The first kappa shape index (κ1) is 31.2. The van der Waals surface area contributed by atoms with Crippen molar-refractivity contribution in [3.05, 3.63) is 70.1 Å². The van der Waals surface area contributed by atoms with E-state index in [0.717, 1.165) is 59.7 Å². The van der Waals surface area contributed by atoms with E-state index in [0.29, 0.717) is 60.4 Å². The molecule has 2 saturated carbocycles. The van der Waals surface area contributed by atoms with Crippen LogP contribution < -0.4 is 14.2 Å². The Morgan fingerprint density at radius 2 is 1.89 bits per heavy atom. The maximum Gasteiger partial charge on any atom is 0.375 e. The molecule has 2 aromatic carbocycles. The number of esters is 1. The van der Waals surface area contributed by atoms with Crippen molar-refractivity contribution in [2.24, 2.45) is 0 Å². The van der Waals surface area contributed by atoms with Crippen LogP contribution in [0.15, 0.2) is 53.4 Å². The molecule has 47 heavy (non-hydrogen) atoms. The fraction of sp³-hybridized carbons (Fsp3) is 0.447. The van der Waals surface area contributed by atoms with Crippen molar-refractivity contribution in [1.82, 2.24) is 4.98 Å². The van der Waals surface area contributed by atoms with Gasteiger partial charge in [-0.15, -0.1) is 0 Å². The summed E-state index contributed by atoms with van der Waals surface area (Å²) in [7, 11) is 0. The average Bonchev–Trinajstić information content (AvgIpc) is 3.72. The van der Waals surface area contributed by atoms with Gasteiger partial charge in [0.2, 0.25) is 5.76 Å². The van der Waals surface area contributed by atoms with Crippen LogP contribution in [0.3, 0.4) is 0 Å². The number of carbonyl (C=O) groups excluding carboxylic acids is 3. The zero-order chi connectivity index (χ0) is 32.9. The topological polar surface area (TPSA) is 124 Å². The predicted molar refractivity (Wildman–Crippen MR) is 176 cm³/mol. The molecule has 9 heteroatoms. The van der Waals surface area contributed by atoms with Gasteiger partial charge in [0.25, 0.3) is 0 Å². The molecule has 0 saturated heterocycles. The van der Waals surface area contributed by atoms with Crippen molar-refractivity contribution in [1.29, 1.82) is 0 Å². The van der Waals surface area contributed by atoms with Crippen LogP contribution >= 0.6 is 0 Å². The SMILES string of the molecule is CCOC(=O)C1=C(C=O)/C(=C2\CCC(=O)[C@H](c3ccc4[nH]ccc4c3)C2)c2c(cc3c(c2OC2CCCCC2)C[C@@H](C(C)(C)O)O3)O1. The number of ether oxygens (including phenoxy) is 4. The molecular weight excluding hydrogens is 598 g/mol. The summed E-state index contributed by atoms with van der Waals surface area (Å²) >= 11 is 0. The maximum atomic E-state index is 13.5. The predicted octanol–water partition coefficient (Wildman–Crippen LogP) is 6.65. The zero-order valence-corrected chi connectivity index (χ0v) is 27.1. The van der Waals surface area contributed by atoms with E-state index in [1.165, 1.54) is 0 Å². The van der Waals surface area contributed by atoms with Crippen LogP contribution in [0, 0.1) is 0 Å². The van der Waals surface area contributed by atoms with Crippen LogP contribution in [0.1, 0.15) is 94.7 Å². The van der Waals surface area contributed by atoms with E-state index >= 15 is 0 Å². The monoisotopic (exact) mass is 639 g/mol. The lowest BCUT2D eigenvalue weighted by atomic mass is 9.75. The third kappa shape index (κ3) is 5.75. The summed E-state index contributed by atoms with van der Waals surface area (Å²) in [6.07, 6.45) is 8.48. The Labute approximate surface area is 273 Å². The number of Topliss-reactive ketones (excluding diaryl/α,β-unsaturated/α-hetero) is 1. The van der Waals surface area contributed by atoms with E-state index in [1.807, 2.05) is 30.5 Å². The molecule has 0 amide bonds. The molecule has 0 radical (unpaired) electrons. The van der Waals surface area contributed by atoms with Gasteiger partial charge in [0.05, 0.1) is 29.4 Å². The van der Waals surface area contributed by atoms with Crippen LogP contribution in [-0.2, 0) is 25.5 Å². The molecule has 0 spiro atoms. The second-order valence-corrected chi connectivity index (χ2v) is 13.6. The quantitative estimate of drug-likeness (QED) is 0.218.